The van der Waals surface area contributed by atoms with Gasteiger partial charge in [-0.15, -0.1) is 0 Å². The number of hydrogen-bond donors (Lipinski definition) is 2. The van der Waals surface area contributed by atoms with Crippen LogP contribution in [0, 0.1) is 0 Å². The largest absolute Gasteiger partial charge is 0.478 e. The lowest BCUT2D eigenvalue weighted by molar-refractivity contribution is -0.152. The predicted molar refractivity (Wildman–Crippen MR) is 101 cm³/mol. The van der Waals surface area contributed by atoms with E-state index in [4.69, 9.17) is 21.4 Å². The molecule has 138 valence electrons. The van der Waals surface area contributed by atoms with E-state index in [1.807, 2.05) is 24.3 Å². The van der Waals surface area contributed by atoms with E-state index < -0.39 is 11.6 Å². The third-order valence-corrected chi connectivity index (χ3v) is 4.08. The number of rotatable bonds is 8. The van der Waals surface area contributed by atoms with Gasteiger partial charge < -0.3 is 15.2 Å². The van der Waals surface area contributed by atoms with Crippen molar-refractivity contribution >= 4 is 23.5 Å². The number of carboxylic acid groups (broad SMARTS) is 1. The van der Waals surface area contributed by atoms with Gasteiger partial charge in [-0.2, -0.15) is 0 Å². The number of halogens is 1. The maximum atomic E-state index is 11.9. The fourth-order valence-corrected chi connectivity index (χ4v) is 2.38. The summed E-state index contributed by atoms with van der Waals surface area (Å²) in [5, 5.41) is 12.6. The summed E-state index contributed by atoms with van der Waals surface area (Å²) in [5.41, 5.74) is 0.656. The van der Waals surface area contributed by atoms with E-state index in [0.29, 0.717) is 30.2 Å². The third-order valence-electron chi connectivity index (χ3n) is 3.83. The highest BCUT2D eigenvalue weighted by Gasteiger charge is 2.29. The molecule has 0 atom stereocenters. The molecule has 1 amide bonds. The van der Waals surface area contributed by atoms with Crippen molar-refractivity contribution in [1.29, 1.82) is 0 Å². The second kappa shape index (κ2) is 8.72. The molecule has 2 aromatic rings. The van der Waals surface area contributed by atoms with Crippen LogP contribution in [0.15, 0.2) is 48.5 Å². The van der Waals surface area contributed by atoms with Crippen molar-refractivity contribution < 1.29 is 19.4 Å². The first-order valence-electron chi connectivity index (χ1n) is 8.29. The quantitative estimate of drug-likeness (QED) is 0.740. The molecule has 2 rings (SSSR count). The van der Waals surface area contributed by atoms with Gasteiger partial charge in [0, 0.05) is 11.6 Å². The molecule has 0 bridgehead atoms. The van der Waals surface area contributed by atoms with E-state index in [9.17, 15) is 9.59 Å². The second-order valence-electron chi connectivity index (χ2n) is 6.46. The Kier molecular flexibility index (Phi) is 6.64. The van der Waals surface area contributed by atoms with Crippen LogP contribution in [0.25, 0.3) is 0 Å². The second-order valence-corrected chi connectivity index (χ2v) is 6.90. The summed E-state index contributed by atoms with van der Waals surface area (Å²) >= 11 is 5.82. The van der Waals surface area contributed by atoms with Crippen molar-refractivity contribution in [3.63, 3.8) is 0 Å². The molecule has 0 heterocycles. The molecule has 2 N–H and O–H groups in total. The zero-order valence-electron chi connectivity index (χ0n) is 14.8. The van der Waals surface area contributed by atoms with E-state index in [0.717, 1.165) is 11.1 Å². The fourth-order valence-electron chi connectivity index (χ4n) is 2.26. The van der Waals surface area contributed by atoms with Gasteiger partial charge in [0.15, 0.2) is 5.60 Å². The number of benzene rings is 2. The Balaban J connectivity index is 1.78. The Morgan fingerprint density at radius 3 is 2.19 bits per heavy atom. The molecule has 6 heteroatoms. The minimum absolute atomic E-state index is 0.0458. The number of nitrogens with one attached hydrogen (secondary N) is 1. The summed E-state index contributed by atoms with van der Waals surface area (Å²) < 4.78 is 5.46. The number of carboxylic acids is 1. The summed E-state index contributed by atoms with van der Waals surface area (Å²) in [6.07, 6.45) is 0.989. The highest BCUT2D eigenvalue weighted by atomic mass is 35.5. The van der Waals surface area contributed by atoms with Crippen molar-refractivity contribution in [2.24, 2.45) is 0 Å². The Labute approximate surface area is 157 Å². The molecular weight excluding hydrogens is 354 g/mol. The Hall–Kier alpha value is -2.53. The van der Waals surface area contributed by atoms with Gasteiger partial charge in [-0.05, 0) is 55.7 Å². The smallest absolute Gasteiger partial charge is 0.347 e. The minimum atomic E-state index is -1.28. The topological polar surface area (TPSA) is 75.6 Å². The van der Waals surface area contributed by atoms with Crippen LogP contribution in [0.3, 0.4) is 0 Å². The van der Waals surface area contributed by atoms with Gasteiger partial charge >= 0.3 is 5.97 Å². The highest BCUT2D eigenvalue weighted by molar-refractivity contribution is 6.30. The van der Waals surface area contributed by atoms with Crippen LogP contribution in [0.5, 0.6) is 5.75 Å². The Morgan fingerprint density at radius 2 is 1.62 bits per heavy atom. The van der Waals surface area contributed by atoms with E-state index in [1.165, 1.54) is 13.8 Å². The zero-order chi connectivity index (χ0) is 19.2. The van der Waals surface area contributed by atoms with Crippen LogP contribution >= 0.6 is 11.6 Å². The molecule has 0 saturated carbocycles. The van der Waals surface area contributed by atoms with Gasteiger partial charge in [0.25, 0.3) is 0 Å². The van der Waals surface area contributed by atoms with Crippen molar-refractivity contribution in [2.75, 3.05) is 6.54 Å². The number of hydrogen-bond acceptors (Lipinski definition) is 3. The third kappa shape index (κ3) is 6.08. The van der Waals surface area contributed by atoms with Gasteiger partial charge in [-0.1, -0.05) is 35.9 Å². The van der Waals surface area contributed by atoms with Crippen LogP contribution in [0.4, 0.5) is 0 Å². The van der Waals surface area contributed by atoms with E-state index in [-0.39, 0.29) is 5.91 Å². The number of ether oxygens (including phenoxy) is 1. The number of carbonyl (C=O) groups excluding carboxylic acids is 1. The van der Waals surface area contributed by atoms with Crippen LogP contribution in [-0.4, -0.2) is 29.1 Å². The lowest BCUT2D eigenvalue weighted by Gasteiger charge is -2.21. The van der Waals surface area contributed by atoms with Gasteiger partial charge in [-0.3, -0.25) is 4.79 Å². The summed E-state index contributed by atoms with van der Waals surface area (Å²) in [4.78, 5) is 23.0. The fraction of sp³-hybridized carbons (Fsp3) is 0.300. The average Bonchev–Trinajstić information content (AvgIpc) is 2.58. The van der Waals surface area contributed by atoms with Gasteiger partial charge in [-0.25, -0.2) is 4.79 Å². The lowest BCUT2D eigenvalue weighted by Crippen LogP contribution is -2.37. The monoisotopic (exact) mass is 375 g/mol. The van der Waals surface area contributed by atoms with Crippen molar-refractivity contribution in [2.45, 2.75) is 32.3 Å². The molecule has 0 saturated heterocycles. The average molecular weight is 376 g/mol. The summed E-state index contributed by atoms with van der Waals surface area (Å²) in [7, 11) is 0. The number of amides is 1. The van der Waals surface area contributed by atoms with Crippen LogP contribution in [0.2, 0.25) is 5.02 Å². The lowest BCUT2D eigenvalue weighted by atomic mass is 10.1. The Morgan fingerprint density at radius 1 is 1.04 bits per heavy atom. The summed E-state index contributed by atoms with van der Waals surface area (Å²) in [6.45, 7) is 3.52. The number of aliphatic carboxylic acids is 1. The van der Waals surface area contributed by atoms with Crippen LogP contribution in [0.1, 0.15) is 25.0 Å². The molecule has 0 aliphatic heterocycles. The molecular formula is C20H22ClNO4. The normalized spacial score (nSPS) is 11.0. The zero-order valence-corrected chi connectivity index (χ0v) is 15.5. The van der Waals surface area contributed by atoms with Crippen molar-refractivity contribution in [3.05, 3.63) is 64.7 Å². The van der Waals surface area contributed by atoms with Crippen molar-refractivity contribution in [3.8, 4) is 5.75 Å². The molecule has 0 unspecified atom stereocenters. The summed E-state index contributed by atoms with van der Waals surface area (Å²) in [5.74, 6) is -0.576. The highest BCUT2D eigenvalue weighted by Crippen LogP contribution is 2.19. The van der Waals surface area contributed by atoms with Gasteiger partial charge in [0.2, 0.25) is 5.91 Å². The SMILES string of the molecule is CC(C)(Oc1ccc(CCNC(=O)Cc2ccc(Cl)cc2)cc1)C(=O)O. The molecule has 0 aromatic heterocycles. The van der Waals surface area contributed by atoms with Crippen molar-refractivity contribution in [1.82, 2.24) is 5.32 Å². The van der Waals surface area contributed by atoms with Gasteiger partial charge in [0.05, 0.1) is 6.42 Å². The molecule has 0 aliphatic rings. The van der Waals surface area contributed by atoms with Gasteiger partial charge in [0.1, 0.15) is 5.75 Å². The first-order chi connectivity index (χ1) is 12.3. The first kappa shape index (κ1) is 19.8. The standard InChI is InChI=1S/C20H22ClNO4/c1-20(2,19(24)25)26-17-9-5-14(6-10-17)11-12-22-18(23)13-15-3-7-16(21)8-4-15/h3-10H,11-13H2,1-2H3,(H,22,23)(H,24,25). The predicted octanol–water partition coefficient (Wildman–Crippen LogP) is 3.48. The first-order valence-corrected chi connectivity index (χ1v) is 8.66. The number of carbonyl (C=O) groups is 2. The minimum Gasteiger partial charge on any atom is -0.478 e. The molecule has 5 nitrogen and oxygen atoms in total. The maximum Gasteiger partial charge on any atom is 0.347 e. The van der Waals surface area contributed by atoms with E-state index in [1.54, 1.807) is 24.3 Å². The maximum absolute atomic E-state index is 11.9. The van der Waals surface area contributed by atoms with E-state index in [2.05, 4.69) is 5.32 Å². The van der Waals surface area contributed by atoms with E-state index >= 15 is 0 Å². The van der Waals surface area contributed by atoms with Crippen LogP contribution in [-0.2, 0) is 22.4 Å². The molecule has 26 heavy (non-hydrogen) atoms. The molecule has 0 aliphatic carbocycles. The van der Waals surface area contributed by atoms with Crippen LogP contribution < -0.4 is 10.1 Å². The molecule has 0 spiro atoms. The Bertz CT molecular complexity index is 754. The molecule has 0 fully saturated rings. The molecule has 2 aromatic carbocycles. The molecule has 0 radical (unpaired) electrons. The summed E-state index contributed by atoms with van der Waals surface area (Å²) in [6, 6.07) is 14.4.